The lowest BCUT2D eigenvalue weighted by molar-refractivity contribution is -0.384. The fourth-order valence-electron chi connectivity index (χ4n) is 1.64. The first-order chi connectivity index (χ1) is 9.36. The first-order valence-electron chi connectivity index (χ1n) is 6.15. The predicted molar refractivity (Wildman–Crippen MR) is 71.4 cm³/mol. The molecule has 0 bridgehead atoms. The van der Waals surface area contributed by atoms with E-state index in [0.29, 0.717) is 6.42 Å². The van der Waals surface area contributed by atoms with E-state index in [0.717, 1.165) is 0 Å². The lowest BCUT2D eigenvalue weighted by atomic mass is 9.99. The molecule has 2 atom stereocenters. The van der Waals surface area contributed by atoms with Crippen LogP contribution in [0.1, 0.15) is 30.6 Å². The average molecular weight is 280 g/mol. The maximum atomic E-state index is 11.9. The molecule has 1 aromatic rings. The van der Waals surface area contributed by atoms with Crippen molar-refractivity contribution in [3.05, 3.63) is 39.9 Å². The second kappa shape index (κ2) is 6.65. The summed E-state index contributed by atoms with van der Waals surface area (Å²) in [5.41, 5.74) is 0.0587. The number of carbonyl (C=O) groups excluding carboxylic acids is 1. The van der Waals surface area contributed by atoms with Crippen molar-refractivity contribution in [1.29, 1.82) is 0 Å². The van der Waals surface area contributed by atoms with Gasteiger partial charge in [0.15, 0.2) is 0 Å². The number of hydrogen-bond acceptors (Lipinski definition) is 4. The van der Waals surface area contributed by atoms with E-state index in [4.69, 9.17) is 5.11 Å². The average Bonchev–Trinajstić information content (AvgIpc) is 2.43. The molecule has 7 heteroatoms. The van der Waals surface area contributed by atoms with Crippen molar-refractivity contribution < 1.29 is 19.6 Å². The van der Waals surface area contributed by atoms with E-state index in [-0.39, 0.29) is 17.2 Å². The maximum Gasteiger partial charge on any atom is 0.326 e. The summed E-state index contributed by atoms with van der Waals surface area (Å²) in [5, 5.41) is 22.0. The highest BCUT2D eigenvalue weighted by molar-refractivity contribution is 5.96. The molecule has 0 saturated carbocycles. The Morgan fingerprint density at radius 3 is 2.30 bits per heavy atom. The molecule has 0 heterocycles. The number of benzene rings is 1. The third kappa shape index (κ3) is 3.78. The second-order valence-electron chi connectivity index (χ2n) is 4.48. The van der Waals surface area contributed by atoms with Gasteiger partial charge in [0.25, 0.3) is 11.6 Å². The summed E-state index contributed by atoms with van der Waals surface area (Å²) < 4.78 is 0. The van der Waals surface area contributed by atoms with E-state index >= 15 is 0 Å². The minimum atomic E-state index is -1.10. The lowest BCUT2D eigenvalue weighted by Crippen LogP contribution is -2.45. The number of nitro benzene ring substituents is 1. The topological polar surface area (TPSA) is 110 Å². The molecule has 0 radical (unpaired) electrons. The van der Waals surface area contributed by atoms with Crippen molar-refractivity contribution in [3.63, 3.8) is 0 Å². The minimum absolute atomic E-state index is 0.127. The molecule has 0 fully saturated rings. The highest BCUT2D eigenvalue weighted by Crippen LogP contribution is 2.13. The molecule has 0 saturated heterocycles. The van der Waals surface area contributed by atoms with Crippen LogP contribution in [0.2, 0.25) is 0 Å². The van der Waals surface area contributed by atoms with Crippen LogP contribution in [0.5, 0.6) is 0 Å². The second-order valence-corrected chi connectivity index (χ2v) is 4.48. The van der Waals surface area contributed by atoms with Crippen LogP contribution < -0.4 is 5.32 Å². The van der Waals surface area contributed by atoms with E-state index in [1.807, 2.05) is 6.92 Å². The van der Waals surface area contributed by atoms with Crippen LogP contribution in [0.25, 0.3) is 0 Å². The number of hydrogen-bond donors (Lipinski definition) is 2. The van der Waals surface area contributed by atoms with Gasteiger partial charge in [-0.05, 0) is 18.1 Å². The Kier molecular flexibility index (Phi) is 5.19. The number of carboxylic acids is 1. The highest BCUT2D eigenvalue weighted by Gasteiger charge is 2.25. The van der Waals surface area contributed by atoms with Gasteiger partial charge in [-0.3, -0.25) is 14.9 Å². The molecular weight excluding hydrogens is 264 g/mol. The third-order valence-corrected chi connectivity index (χ3v) is 3.11. The molecule has 1 rings (SSSR count). The van der Waals surface area contributed by atoms with Crippen molar-refractivity contribution in [3.8, 4) is 0 Å². The van der Waals surface area contributed by atoms with Crippen LogP contribution in [-0.2, 0) is 4.79 Å². The minimum Gasteiger partial charge on any atom is -0.480 e. The number of aliphatic carboxylic acids is 1. The number of non-ortho nitro benzene ring substituents is 1. The Labute approximate surface area is 115 Å². The monoisotopic (exact) mass is 280 g/mol. The lowest BCUT2D eigenvalue weighted by Gasteiger charge is -2.20. The molecule has 1 aromatic carbocycles. The number of amides is 1. The van der Waals surface area contributed by atoms with E-state index in [2.05, 4.69) is 5.32 Å². The number of nitrogens with one attached hydrogen (secondary N) is 1. The zero-order valence-corrected chi connectivity index (χ0v) is 11.2. The fourth-order valence-corrected chi connectivity index (χ4v) is 1.64. The van der Waals surface area contributed by atoms with Gasteiger partial charge >= 0.3 is 5.97 Å². The van der Waals surface area contributed by atoms with Crippen LogP contribution in [-0.4, -0.2) is 27.9 Å². The third-order valence-electron chi connectivity index (χ3n) is 3.11. The van der Waals surface area contributed by atoms with Crippen LogP contribution in [0.3, 0.4) is 0 Å². The van der Waals surface area contributed by atoms with Crippen LogP contribution in [0.4, 0.5) is 5.69 Å². The quantitative estimate of drug-likeness (QED) is 0.610. The van der Waals surface area contributed by atoms with Gasteiger partial charge in [0.05, 0.1) is 4.92 Å². The fraction of sp³-hybridized carbons (Fsp3) is 0.385. The molecule has 0 aromatic heterocycles. The van der Waals surface area contributed by atoms with Gasteiger partial charge in [-0.2, -0.15) is 0 Å². The molecule has 0 spiro atoms. The van der Waals surface area contributed by atoms with Crippen molar-refractivity contribution in [2.45, 2.75) is 26.3 Å². The van der Waals surface area contributed by atoms with Gasteiger partial charge < -0.3 is 10.4 Å². The first-order valence-corrected chi connectivity index (χ1v) is 6.15. The Hall–Kier alpha value is -2.44. The summed E-state index contributed by atoms with van der Waals surface area (Å²) in [6.45, 7) is 3.56. The van der Waals surface area contributed by atoms with Gasteiger partial charge in [0, 0.05) is 17.7 Å². The molecule has 7 nitrogen and oxygen atoms in total. The standard InChI is InChI=1S/C13H16N2O5/c1-3-8(2)11(13(17)18)14-12(16)9-4-6-10(7-5-9)15(19)20/h4-8,11H,3H2,1-2H3,(H,14,16)(H,17,18)/t8?,11-/m0/s1. The molecular formula is C13H16N2O5. The Balaban J connectivity index is 2.83. The highest BCUT2D eigenvalue weighted by atomic mass is 16.6. The number of carbonyl (C=O) groups is 2. The normalized spacial score (nSPS) is 13.3. The largest absolute Gasteiger partial charge is 0.480 e. The summed E-state index contributed by atoms with van der Waals surface area (Å²) in [6, 6.07) is 4.01. The molecule has 0 aliphatic heterocycles. The summed E-state index contributed by atoms with van der Waals surface area (Å²) in [7, 11) is 0. The van der Waals surface area contributed by atoms with Crippen molar-refractivity contribution in [2.24, 2.45) is 5.92 Å². The SMILES string of the molecule is CCC(C)[C@H](NC(=O)c1ccc([N+](=O)[O-])cc1)C(=O)O. The van der Waals surface area contributed by atoms with Crippen molar-refractivity contribution in [1.82, 2.24) is 5.32 Å². The van der Waals surface area contributed by atoms with Crippen LogP contribution >= 0.6 is 0 Å². The maximum absolute atomic E-state index is 11.9. The summed E-state index contributed by atoms with van der Waals surface area (Å²) >= 11 is 0. The summed E-state index contributed by atoms with van der Waals surface area (Å²) in [6.07, 6.45) is 0.609. The molecule has 1 unspecified atom stereocenters. The zero-order valence-electron chi connectivity index (χ0n) is 11.2. The molecule has 108 valence electrons. The number of carboxylic acid groups (broad SMARTS) is 1. The molecule has 0 aliphatic carbocycles. The Morgan fingerprint density at radius 1 is 1.35 bits per heavy atom. The Bertz CT molecular complexity index is 512. The van der Waals surface area contributed by atoms with Gasteiger partial charge in [-0.15, -0.1) is 0 Å². The van der Waals surface area contributed by atoms with Crippen molar-refractivity contribution >= 4 is 17.6 Å². The molecule has 20 heavy (non-hydrogen) atoms. The zero-order chi connectivity index (χ0) is 15.3. The molecule has 1 amide bonds. The summed E-state index contributed by atoms with van der Waals surface area (Å²) in [5.74, 6) is -1.88. The van der Waals surface area contributed by atoms with E-state index in [1.165, 1.54) is 24.3 Å². The van der Waals surface area contributed by atoms with Gasteiger partial charge in [0.2, 0.25) is 0 Å². The van der Waals surface area contributed by atoms with Crippen LogP contribution in [0.15, 0.2) is 24.3 Å². The van der Waals surface area contributed by atoms with Gasteiger partial charge in [0.1, 0.15) is 6.04 Å². The first kappa shape index (κ1) is 15.6. The van der Waals surface area contributed by atoms with Gasteiger partial charge in [-0.1, -0.05) is 20.3 Å². The smallest absolute Gasteiger partial charge is 0.326 e. The number of nitrogens with zero attached hydrogens (tertiary/aromatic N) is 1. The Morgan fingerprint density at radius 2 is 1.90 bits per heavy atom. The number of rotatable bonds is 6. The molecule has 2 N–H and O–H groups in total. The van der Waals surface area contributed by atoms with Gasteiger partial charge in [-0.25, -0.2) is 4.79 Å². The van der Waals surface area contributed by atoms with E-state index in [9.17, 15) is 19.7 Å². The van der Waals surface area contributed by atoms with Crippen LogP contribution in [0, 0.1) is 16.0 Å². The van der Waals surface area contributed by atoms with E-state index < -0.39 is 22.8 Å². The number of nitro groups is 1. The molecule has 0 aliphatic rings. The summed E-state index contributed by atoms with van der Waals surface area (Å²) in [4.78, 5) is 33.0. The van der Waals surface area contributed by atoms with E-state index in [1.54, 1.807) is 6.92 Å². The predicted octanol–water partition coefficient (Wildman–Crippen LogP) is 1.82. The van der Waals surface area contributed by atoms with Crippen molar-refractivity contribution in [2.75, 3.05) is 0 Å².